The molecule has 2 heterocycles. The lowest BCUT2D eigenvalue weighted by Crippen LogP contribution is -2.37. The Kier molecular flexibility index (Phi) is 4.15. The Balaban J connectivity index is 2.39. The number of hydrogen-bond acceptors (Lipinski definition) is 6. The topological polar surface area (TPSA) is 95.9 Å². The van der Waals surface area contributed by atoms with Crippen LogP contribution >= 0.6 is 11.3 Å². The molecule has 0 fully saturated rings. The van der Waals surface area contributed by atoms with Crippen molar-refractivity contribution in [2.45, 2.75) is 26.3 Å². The fourth-order valence-corrected chi connectivity index (χ4v) is 2.92. The average molecular weight is 289 g/mol. The number of carbonyl (C=O) groups is 1. The van der Waals surface area contributed by atoms with Crippen molar-refractivity contribution in [3.8, 4) is 6.07 Å². The van der Waals surface area contributed by atoms with E-state index in [0.29, 0.717) is 28.4 Å². The van der Waals surface area contributed by atoms with Gasteiger partial charge in [-0.2, -0.15) is 10.4 Å². The number of rotatable bonds is 4. The molecule has 0 aromatic carbocycles. The first-order valence-corrected chi connectivity index (χ1v) is 7.05. The SMILES string of the molecule is CC(C)N(CCC#N)C(=O)c1sc2nnccc2c1N. The van der Waals surface area contributed by atoms with Gasteiger partial charge in [0.2, 0.25) is 0 Å². The third kappa shape index (κ3) is 2.56. The summed E-state index contributed by atoms with van der Waals surface area (Å²) < 4.78 is 0. The molecule has 0 aliphatic heterocycles. The van der Waals surface area contributed by atoms with Gasteiger partial charge in [-0.05, 0) is 19.9 Å². The minimum absolute atomic E-state index is 0.00606. The van der Waals surface area contributed by atoms with E-state index in [1.165, 1.54) is 11.3 Å². The second-order valence-electron chi connectivity index (χ2n) is 4.60. The van der Waals surface area contributed by atoms with Crippen LogP contribution in [0.1, 0.15) is 29.9 Å². The normalized spacial score (nSPS) is 10.7. The zero-order chi connectivity index (χ0) is 14.7. The Morgan fingerprint density at radius 3 is 2.95 bits per heavy atom. The number of thiophene rings is 1. The van der Waals surface area contributed by atoms with Gasteiger partial charge in [-0.1, -0.05) is 0 Å². The summed E-state index contributed by atoms with van der Waals surface area (Å²) in [6.45, 7) is 4.23. The fraction of sp³-hybridized carbons (Fsp3) is 0.385. The largest absolute Gasteiger partial charge is 0.397 e. The van der Waals surface area contributed by atoms with Crippen molar-refractivity contribution in [3.05, 3.63) is 17.1 Å². The van der Waals surface area contributed by atoms with Crippen LogP contribution in [0.2, 0.25) is 0 Å². The Morgan fingerprint density at radius 1 is 1.60 bits per heavy atom. The zero-order valence-corrected chi connectivity index (χ0v) is 12.1. The van der Waals surface area contributed by atoms with Gasteiger partial charge in [0.05, 0.1) is 24.4 Å². The Morgan fingerprint density at radius 2 is 2.35 bits per heavy atom. The van der Waals surface area contributed by atoms with Crippen LogP contribution in [0.3, 0.4) is 0 Å². The van der Waals surface area contributed by atoms with Crippen molar-refractivity contribution in [2.24, 2.45) is 0 Å². The van der Waals surface area contributed by atoms with Gasteiger partial charge in [0.15, 0.2) is 0 Å². The Labute approximate surface area is 120 Å². The summed E-state index contributed by atoms with van der Waals surface area (Å²) in [5.74, 6) is -0.157. The van der Waals surface area contributed by atoms with Gasteiger partial charge in [0.25, 0.3) is 5.91 Å². The monoisotopic (exact) mass is 289 g/mol. The number of nitriles is 1. The van der Waals surface area contributed by atoms with Crippen LogP contribution in [0, 0.1) is 11.3 Å². The van der Waals surface area contributed by atoms with Crippen molar-refractivity contribution in [3.63, 3.8) is 0 Å². The summed E-state index contributed by atoms with van der Waals surface area (Å²) >= 11 is 1.24. The average Bonchev–Trinajstić information content (AvgIpc) is 2.76. The molecule has 2 aromatic heterocycles. The lowest BCUT2D eigenvalue weighted by Gasteiger charge is -2.25. The molecule has 0 saturated heterocycles. The number of nitrogen functional groups attached to an aromatic ring is 1. The first kappa shape index (κ1) is 14.2. The molecular weight excluding hydrogens is 274 g/mol. The maximum absolute atomic E-state index is 12.6. The molecule has 0 radical (unpaired) electrons. The van der Waals surface area contributed by atoms with Crippen LogP contribution in [0.15, 0.2) is 12.3 Å². The standard InChI is InChI=1S/C13H15N5OS/c1-8(2)18(7-3-5-14)13(19)11-10(15)9-4-6-16-17-12(9)20-11/h4,6,8H,3,7,15H2,1-2H3. The highest BCUT2D eigenvalue weighted by Gasteiger charge is 2.24. The number of aromatic nitrogens is 2. The van der Waals surface area contributed by atoms with Crippen LogP contribution in [-0.4, -0.2) is 33.6 Å². The molecule has 20 heavy (non-hydrogen) atoms. The number of amides is 1. The van der Waals surface area contributed by atoms with Gasteiger partial charge in [0, 0.05) is 18.0 Å². The molecule has 0 aliphatic rings. The van der Waals surface area contributed by atoms with Gasteiger partial charge >= 0.3 is 0 Å². The molecule has 104 valence electrons. The number of nitrogens with zero attached hydrogens (tertiary/aromatic N) is 4. The number of anilines is 1. The molecule has 0 saturated carbocycles. The summed E-state index contributed by atoms with van der Waals surface area (Å²) in [5, 5.41) is 17.2. The summed E-state index contributed by atoms with van der Waals surface area (Å²) in [4.78, 5) is 15.3. The molecule has 0 unspecified atom stereocenters. The molecule has 2 rings (SSSR count). The van der Waals surface area contributed by atoms with E-state index in [1.807, 2.05) is 13.8 Å². The molecule has 0 aliphatic carbocycles. The van der Waals surface area contributed by atoms with E-state index in [9.17, 15) is 4.79 Å². The minimum atomic E-state index is -0.157. The lowest BCUT2D eigenvalue weighted by atomic mass is 10.2. The van der Waals surface area contributed by atoms with Gasteiger partial charge in [-0.3, -0.25) is 4.79 Å². The third-order valence-corrected chi connectivity index (χ3v) is 4.06. The third-order valence-electron chi connectivity index (χ3n) is 2.96. The number of carbonyl (C=O) groups excluding carboxylic acids is 1. The summed E-state index contributed by atoms with van der Waals surface area (Å²) in [6.07, 6.45) is 1.85. The Bertz CT molecular complexity index is 673. The number of nitrogens with two attached hydrogens (primary N) is 1. The lowest BCUT2D eigenvalue weighted by molar-refractivity contribution is 0.0716. The molecule has 0 spiro atoms. The second-order valence-corrected chi connectivity index (χ2v) is 5.59. The van der Waals surface area contributed by atoms with Crippen molar-refractivity contribution < 1.29 is 4.79 Å². The zero-order valence-electron chi connectivity index (χ0n) is 11.3. The minimum Gasteiger partial charge on any atom is -0.397 e. The summed E-state index contributed by atoms with van der Waals surface area (Å²) in [6, 6.07) is 3.81. The van der Waals surface area contributed by atoms with E-state index in [1.54, 1.807) is 17.2 Å². The maximum Gasteiger partial charge on any atom is 0.266 e. The second kappa shape index (κ2) is 5.84. The molecule has 1 amide bonds. The highest BCUT2D eigenvalue weighted by atomic mass is 32.1. The first-order valence-electron chi connectivity index (χ1n) is 6.23. The van der Waals surface area contributed by atoms with E-state index >= 15 is 0 Å². The van der Waals surface area contributed by atoms with E-state index in [0.717, 1.165) is 5.39 Å². The van der Waals surface area contributed by atoms with Crippen molar-refractivity contribution in [1.82, 2.24) is 15.1 Å². The highest BCUT2D eigenvalue weighted by Crippen LogP contribution is 2.32. The molecule has 2 aromatic rings. The molecular formula is C13H15N5OS. The van der Waals surface area contributed by atoms with Crippen LogP contribution in [0.5, 0.6) is 0 Å². The molecule has 0 atom stereocenters. The van der Waals surface area contributed by atoms with Crippen LogP contribution < -0.4 is 5.73 Å². The molecule has 6 nitrogen and oxygen atoms in total. The van der Waals surface area contributed by atoms with E-state index in [4.69, 9.17) is 11.0 Å². The van der Waals surface area contributed by atoms with E-state index in [2.05, 4.69) is 16.3 Å². The van der Waals surface area contributed by atoms with Gasteiger partial charge in [-0.25, -0.2) is 0 Å². The van der Waals surface area contributed by atoms with Gasteiger partial charge in [-0.15, -0.1) is 16.4 Å². The summed E-state index contributed by atoms with van der Waals surface area (Å²) in [5.41, 5.74) is 6.47. The Hall–Kier alpha value is -2.20. The van der Waals surface area contributed by atoms with Crippen molar-refractivity contribution in [2.75, 3.05) is 12.3 Å². The summed E-state index contributed by atoms with van der Waals surface area (Å²) in [7, 11) is 0. The molecule has 2 N–H and O–H groups in total. The molecule has 0 bridgehead atoms. The van der Waals surface area contributed by atoms with Crippen LogP contribution in [0.25, 0.3) is 10.2 Å². The maximum atomic E-state index is 12.6. The van der Waals surface area contributed by atoms with Crippen LogP contribution in [0.4, 0.5) is 5.69 Å². The van der Waals surface area contributed by atoms with Crippen LogP contribution in [-0.2, 0) is 0 Å². The van der Waals surface area contributed by atoms with Crippen molar-refractivity contribution in [1.29, 1.82) is 5.26 Å². The smallest absolute Gasteiger partial charge is 0.266 e. The van der Waals surface area contributed by atoms with Gasteiger partial charge in [0.1, 0.15) is 9.71 Å². The van der Waals surface area contributed by atoms with E-state index < -0.39 is 0 Å². The highest BCUT2D eigenvalue weighted by molar-refractivity contribution is 7.21. The fourth-order valence-electron chi connectivity index (χ4n) is 1.93. The molecule has 7 heteroatoms. The predicted molar refractivity (Wildman–Crippen MR) is 78.2 cm³/mol. The quantitative estimate of drug-likeness (QED) is 0.929. The predicted octanol–water partition coefficient (Wildman–Crippen LogP) is 2.04. The number of fused-ring (bicyclic) bond motifs is 1. The van der Waals surface area contributed by atoms with Crippen molar-refractivity contribution >= 4 is 33.1 Å². The van der Waals surface area contributed by atoms with E-state index in [-0.39, 0.29) is 11.9 Å². The number of hydrogen-bond donors (Lipinski definition) is 1. The first-order chi connectivity index (χ1) is 9.56. The van der Waals surface area contributed by atoms with Gasteiger partial charge < -0.3 is 10.6 Å².